The number of amides is 1. The molecule has 110 valence electrons. The topological polar surface area (TPSA) is 41.1 Å². The van der Waals surface area contributed by atoms with Crippen molar-refractivity contribution in [3.05, 3.63) is 34.9 Å². The van der Waals surface area contributed by atoms with Gasteiger partial charge in [0.15, 0.2) is 0 Å². The van der Waals surface area contributed by atoms with E-state index in [1.165, 1.54) is 35.3 Å². The number of nitrogens with one attached hydrogen (secondary N) is 2. The number of hydrogen-bond acceptors (Lipinski definition) is 3. The zero-order valence-electron chi connectivity index (χ0n) is 12.2. The van der Waals surface area contributed by atoms with Gasteiger partial charge in [-0.15, -0.1) is 0 Å². The molecule has 4 heteroatoms. The lowest BCUT2D eigenvalue weighted by atomic mass is 10.1. The number of fused-ring (bicyclic) bond motifs is 1. The van der Waals surface area contributed by atoms with Gasteiger partial charge in [0.05, 0.1) is 0 Å². The monoisotopic (exact) mass is 292 g/mol. The molecule has 0 fully saturated rings. The molecule has 2 N–H and O–H groups in total. The Labute approximate surface area is 125 Å². The summed E-state index contributed by atoms with van der Waals surface area (Å²) < 4.78 is 0. The maximum atomic E-state index is 11.7. The number of hydrogen-bond donors (Lipinski definition) is 2. The van der Waals surface area contributed by atoms with Gasteiger partial charge in [-0.1, -0.05) is 31.5 Å². The van der Waals surface area contributed by atoms with E-state index in [2.05, 4.69) is 35.8 Å². The fourth-order valence-electron chi connectivity index (χ4n) is 2.26. The molecule has 0 radical (unpaired) electrons. The molecule has 0 unspecified atom stereocenters. The Morgan fingerprint density at radius 3 is 3.00 bits per heavy atom. The molecule has 1 aliphatic rings. The number of thioether (sulfide) groups is 1. The van der Waals surface area contributed by atoms with E-state index >= 15 is 0 Å². The van der Waals surface area contributed by atoms with Gasteiger partial charge in [0, 0.05) is 31.8 Å². The van der Waals surface area contributed by atoms with Crippen molar-refractivity contribution < 1.29 is 4.79 Å². The largest absolute Gasteiger partial charge is 0.352 e. The zero-order chi connectivity index (χ0) is 14.2. The first-order valence-corrected chi connectivity index (χ1v) is 8.61. The average molecular weight is 292 g/mol. The quantitative estimate of drug-likeness (QED) is 0.724. The Morgan fingerprint density at radius 1 is 1.30 bits per heavy atom. The first-order valence-electron chi connectivity index (χ1n) is 7.45. The van der Waals surface area contributed by atoms with Crippen molar-refractivity contribution in [1.29, 1.82) is 0 Å². The van der Waals surface area contributed by atoms with Crippen LogP contribution in [0.1, 0.15) is 42.9 Å². The molecule has 3 nitrogen and oxygen atoms in total. The highest BCUT2D eigenvalue weighted by Crippen LogP contribution is 2.16. The number of carbonyl (C=O) groups excluding carboxylic acids is 1. The Hall–Kier alpha value is -1.00. The van der Waals surface area contributed by atoms with Gasteiger partial charge < -0.3 is 10.6 Å². The van der Waals surface area contributed by atoms with E-state index in [4.69, 9.17) is 0 Å². The minimum Gasteiger partial charge on any atom is -0.352 e. The van der Waals surface area contributed by atoms with Crippen molar-refractivity contribution >= 4 is 17.7 Å². The van der Waals surface area contributed by atoms with Gasteiger partial charge in [0.25, 0.3) is 0 Å². The first-order chi connectivity index (χ1) is 9.79. The second-order valence-corrected chi connectivity index (χ2v) is 6.42. The van der Waals surface area contributed by atoms with E-state index in [1.807, 2.05) is 11.8 Å². The lowest BCUT2D eigenvalue weighted by Gasteiger charge is -2.07. The van der Waals surface area contributed by atoms with Crippen LogP contribution in [0.15, 0.2) is 18.2 Å². The molecule has 0 aromatic heterocycles. The van der Waals surface area contributed by atoms with Crippen LogP contribution in [0.4, 0.5) is 0 Å². The molecule has 1 aromatic rings. The van der Waals surface area contributed by atoms with Gasteiger partial charge in [0.1, 0.15) is 0 Å². The smallest absolute Gasteiger partial charge is 0.221 e. The number of benzene rings is 1. The van der Waals surface area contributed by atoms with E-state index < -0.39 is 0 Å². The molecule has 0 atom stereocenters. The van der Waals surface area contributed by atoms with Crippen LogP contribution in [0.2, 0.25) is 0 Å². The summed E-state index contributed by atoms with van der Waals surface area (Å²) in [7, 11) is 0. The Kier molecular flexibility index (Phi) is 6.40. The molecular formula is C16H24N2OS. The highest BCUT2D eigenvalue weighted by Gasteiger charge is 2.10. The third-order valence-corrected chi connectivity index (χ3v) is 4.58. The predicted molar refractivity (Wildman–Crippen MR) is 85.7 cm³/mol. The molecule has 1 aliphatic heterocycles. The van der Waals surface area contributed by atoms with Crippen LogP contribution >= 0.6 is 11.8 Å². The van der Waals surface area contributed by atoms with E-state index in [0.717, 1.165) is 18.8 Å². The molecule has 0 bridgehead atoms. The van der Waals surface area contributed by atoms with Crippen molar-refractivity contribution in [2.75, 3.05) is 11.5 Å². The van der Waals surface area contributed by atoms with Crippen molar-refractivity contribution in [3.8, 4) is 0 Å². The van der Waals surface area contributed by atoms with Gasteiger partial charge in [-0.25, -0.2) is 0 Å². The zero-order valence-corrected chi connectivity index (χ0v) is 13.0. The van der Waals surface area contributed by atoms with Gasteiger partial charge in [-0.2, -0.15) is 11.8 Å². The van der Waals surface area contributed by atoms with Crippen LogP contribution < -0.4 is 10.6 Å². The minimum atomic E-state index is 0.160. The van der Waals surface area contributed by atoms with Crippen molar-refractivity contribution in [1.82, 2.24) is 10.6 Å². The second-order valence-electron chi connectivity index (χ2n) is 5.20. The summed E-state index contributed by atoms with van der Waals surface area (Å²) in [5.74, 6) is 2.26. The maximum Gasteiger partial charge on any atom is 0.221 e. The average Bonchev–Trinajstić information content (AvgIpc) is 2.92. The Balaban J connectivity index is 1.66. The molecule has 1 heterocycles. The van der Waals surface area contributed by atoms with Gasteiger partial charge in [-0.3, -0.25) is 4.79 Å². The molecule has 2 rings (SSSR count). The summed E-state index contributed by atoms with van der Waals surface area (Å²) in [5, 5.41) is 6.34. The van der Waals surface area contributed by atoms with E-state index in [1.54, 1.807) is 0 Å². The van der Waals surface area contributed by atoms with Gasteiger partial charge in [-0.05, 0) is 28.9 Å². The van der Waals surface area contributed by atoms with E-state index in [-0.39, 0.29) is 5.91 Å². The highest BCUT2D eigenvalue weighted by atomic mass is 32.2. The van der Waals surface area contributed by atoms with Crippen LogP contribution in [0.5, 0.6) is 0 Å². The molecule has 1 amide bonds. The molecule has 0 spiro atoms. The van der Waals surface area contributed by atoms with Crippen molar-refractivity contribution in [2.45, 2.75) is 45.8 Å². The van der Waals surface area contributed by atoms with Crippen LogP contribution in [0.3, 0.4) is 0 Å². The lowest BCUT2D eigenvalue weighted by molar-refractivity contribution is -0.120. The third-order valence-electron chi connectivity index (χ3n) is 3.51. The van der Waals surface area contributed by atoms with E-state index in [0.29, 0.717) is 13.0 Å². The van der Waals surface area contributed by atoms with Crippen LogP contribution in [0.25, 0.3) is 0 Å². The van der Waals surface area contributed by atoms with E-state index in [9.17, 15) is 4.79 Å². The van der Waals surface area contributed by atoms with Gasteiger partial charge in [0.2, 0.25) is 5.91 Å². The van der Waals surface area contributed by atoms with Gasteiger partial charge >= 0.3 is 0 Å². The molecule has 0 saturated carbocycles. The lowest BCUT2D eigenvalue weighted by Crippen LogP contribution is -2.23. The Morgan fingerprint density at radius 2 is 2.15 bits per heavy atom. The number of carbonyl (C=O) groups is 1. The number of unbranched alkanes of at least 4 members (excludes halogenated alkanes) is 1. The molecular weight excluding hydrogens is 268 g/mol. The first kappa shape index (κ1) is 15.4. The fourth-order valence-corrected chi connectivity index (χ4v) is 3.29. The van der Waals surface area contributed by atoms with Crippen LogP contribution in [-0.2, 0) is 24.4 Å². The second kappa shape index (κ2) is 8.32. The molecule has 1 aromatic carbocycles. The summed E-state index contributed by atoms with van der Waals surface area (Å²) in [6, 6.07) is 6.48. The van der Waals surface area contributed by atoms with Crippen LogP contribution in [0, 0.1) is 0 Å². The summed E-state index contributed by atoms with van der Waals surface area (Å²) in [6.45, 7) is 4.76. The standard InChI is InChI=1S/C16H24N2OS/c1-2-3-7-20-8-6-16(19)18-10-13-4-5-14-11-17-12-15(14)9-13/h4-5,9,17H,2-3,6-8,10-12H2,1H3,(H,18,19). The maximum absolute atomic E-state index is 11.7. The fraction of sp³-hybridized carbons (Fsp3) is 0.562. The van der Waals surface area contributed by atoms with Crippen molar-refractivity contribution in [2.24, 2.45) is 0 Å². The SMILES string of the molecule is CCCCSCCC(=O)NCc1ccc2c(c1)CNC2. The summed E-state index contributed by atoms with van der Waals surface area (Å²) >= 11 is 1.88. The van der Waals surface area contributed by atoms with Crippen molar-refractivity contribution in [3.63, 3.8) is 0 Å². The summed E-state index contributed by atoms with van der Waals surface area (Å²) in [4.78, 5) is 11.7. The third kappa shape index (κ3) is 4.84. The minimum absolute atomic E-state index is 0.160. The molecule has 0 aliphatic carbocycles. The molecule has 20 heavy (non-hydrogen) atoms. The highest BCUT2D eigenvalue weighted by molar-refractivity contribution is 7.99. The Bertz CT molecular complexity index is 448. The normalized spacial score (nSPS) is 13.2. The number of rotatable bonds is 8. The summed E-state index contributed by atoms with van der Waals surface area (Å²) in [5.41, 5.74) is 3.94. The predicted octanol–water partition coefficient (Wildman–Crippen LogP) is 2.83. The molecule has 0 saturated heterocycles. The summed E-state index contributed by atoms with van der Waals surface area (Å²) in [6.07, 6.45) is 3.10. The van der Waals surface area contributed by atoms with Crippen LogP contribution in [-0.4, -0.2) is 17.4 Å².